The maximum Gasteiger partial charge on any atom is 0.0640 e. The summed E-state index contributed by atoms with van der Waals surface area (Å²) in [5.74, 6) is 0. The van der Waals surface area contributed by atoms with Gasteiger partial charge in [-0.05, 0) is 48.6 Å². The van der Waals surface area contributed by atoms with Crippen molar-refractivity contribution in [2.45, 2.75) is 25.8 Å². The van der Waals surface area contributed by atoms with Crippen LogP contribution in [0.3, 0.4) is 0 Å². The lowest BCUT2D eigenvalue weighted by Crippen LogP contribution is -2.19. The molecular formula is C16H16ClN. The molecule has 2 heteroatoms. The molecule has 1 aliphatic carbocycles. The number of rotatable bonds is 2. The first-order chi connectivity index (χ1) is 8.72. The molecule has 1 aliphatic rings. The molecule has 0 aromatic heterocycles. The standard InChI is InChI=1S/C16H16ClN/c1-11-6-7-16(15(17)8-11)18-14-9-12-4-2-3-5-13(12)10-14/h2-8,14,18H,9-10H2,1H3. The van der Waals surface area contributed by atoms with Crippen LogP contribution in [0.4, 0.5) is 5.69 Å². The molecule has 2 aromatic rings. The van der Waals surface area contributed by atoms with E-state index in [9.17, 15) is 0 Å². The first-order valence-corrected chi connectivity index (χ1v) is 6.69. The fraction of sp³-hybridized carbons (Fsp3) is 0.250. The number of hydrogen-bond acceptors (Lipinski definition) is 1. The number of fused-ring (bicyclic) bond motifs is 1. The summed E-state index contributed by atoms with van der Waals surface area (Å²) in [7, 11) is 0. The van der Waals surface area contributed by atoms with Gasteiger partial charge in [0, 0.05) is 6.04 Å². The Labute approximate surface area is 113 Å². The van der Waals surface area contributed by atoms with Crippen LogP contribution < -0.4 is 5.32 Å². The summed E-state index contributed by atoms with van der Waals surface area (Å²) in [6.45, 7) is 2.06. The number of halogens is 1. The third-order valence-corrected chi connectivity index (χ3v) is 3.85. The summed E-state index contributed by atoms with van der Waals surface area (Å²) >= 11 is 6.26. The van der Waals surface area contributed by atoms with Crippen molar-refractivity contribution in [3.05, 3.63) is 64.2 Å². The van der Waals surface area contributed by atoms with E-state index >= 15 is 0 Å². The van der Waals surface area contributed by atoms with Gasteiger partial charge in [-0.3, -0.25) is 0 Å². The molecule has 0 fully saturated rings. The van der Waals surface area contributed by atoms with Crippen molar-refractivity contribution < 1.29 is 0 Å². The van der Waals surface area contributed by atoms with E-state index < -0.39 is 0 Å². The van der Waals surface area contributed by atoms with Gasteiger partial charge in [0.05, 0.1) is 10.7 Å². The molecule has 0 bridgehead atoms. The minimum atomic E-state index is 0.461. The fourth-order valence-corrected chi connectivity index (χ4v) is 2.91. The first-order valence-electron chi connectivity index (χ1n) is 6.32. The average Bonchev–Trinajstić information content (AvgIpc) is 2.75. The molecule has 92 valence electrons. The van der Waals surface area contributed by atoms with Gasteiger partial charge in [0.25, 0.3) is 0 Å². The van der Waals surface area contributed by atoms with Crippen LogP contribution in [0.2, 0.25) is 5.02 Å². The zero-order valence-corrected chi connectivity index (χ0v) is 11.2. The van der Waals surface area contributed by atoms with E-state index in [4.69, 9.17) is 11.6 Å². The normalized spacial score (nSPS) is 14.6. The Hall–Kier alpha value is -1.47. The van der Waals surface area contributed by atoms with Crippen molar-refractivity contribution in [2.24, 2.45) is 0 Å². The van der Waals surface area contributed by atoms with Gasteiger partial charge in [0.1, 0.15) is 0 Å². The topological polar surface area (TPSA) is 12.0 Å². The maximum atomic E-state index is 6.26. The molecular weight excluding hydrogens is 242 g/mol. The molecule has 1 N–H and O–H groups in total. The number of hydrogen-bond donors (Lipinski definition) is 1. The molecule has 0 saturated carbocycles. The highest BCUT2D eigenvalue weighted by atomic mass is 35.5. The van der Waals surface area contributed by atoms with Crippen LogP contribution in [0.1, 0.15) is 16.7 Å². The van der Waals surface area contributed by atoms with Gasteiger partial charge in [0.2, 0.25) is 0 Å². The number of anilines is 1. The average molecular weight is 258 g/mol. The van der Waals surface area contributed by atoms with Crippen LogP contribution in [0, 0.1) is 6.92 Å². The van der Waals surface area contributed by atoms with Crippen molar-refractivity contribution in [3.8, 4) is 0 Å². The van der Waals surface area contributed by atoms with E-state index in [1.165, 1.54) is 16.7 Å². The molecule has 0 amide bonds. The lowest BCUT2D eigenvalue weighted by atomic mass is 10.1. The first kappa shape index (κ1) is 11.6. The Bertz CT molecular complexity index is 552. The number of benzene rings is 2. The van der Waals surface area contributed by atoms with Crippen molar-refractivity contribution in [1.29, 1.82) is 0 Å². The van der Waals surface area contributed by atoms with E-state index in [1.54, 1.807) is 0 Å². The van der Waals surface area contributed by atoms with Gasteiger partial charge in [-0.15, -0.1) is 0 Å². The molecule has 0 unspecified atom stereocenters. The van der Waals surface area contributed by atoms with Crippen LogP contribution in [0.5, 0.6) is 0 Å². The molecule has 0 aliphatic heterocycles. The van der Waals surface area contributed by atoms with Gasteiger partial charge in [-0.2, -0.15) is 0 Å². The predicted octanol–water partition coefficient (Wildman–Crippen LogP) is 4.23. The Balaban J connectivity index is 1.76. The lowest BCUT2D eigenvalue weighted by molar-refractivity contribution is 0.774. The van der Waals surface area contributed by atoms with E-state index in [1.807, 2.05) is 6.07 Å². The Morgan fingerprint density at radius 1 is 1.06 bits per heavy atom. The molecule has 2 aromatic carbocycles. The predicted molar refractivity (Wildman–Crippen MR) is 77.4 cm³/mol. The second-order valence-corrected chi connectivity index (χ2v) is 5.41. The Kier molecular flexibility index (Phi) is 3.00. The number of nitrogens with one attached hydrogen (secondary N) is 1. The molecule has 0 heterocycles. The van der Waals surface area contributed by atoms with E-state index in [-0.39, 0.29) is 0 Å². The van der Waals surface area contributed by atoms with E-state index in [0.29, 0.717) is 6.04 Å². The summed E-state index contributed by atoms with van der Waals surface area (Å²) in [6, 6.07) is 15.3. The second-order valence-electron chi connectivity index (χ2n) is 5.00. The summed E-state index contributed by atoms with van der Waals surface area (Å²) in [6.07, 6.45) is 2.17. The van der Waals surface area contributed by atoms with E-state index in [0.717, 1.165) is 23.6 Å². The van der Waals surface area contributed by atoms with Crippen LogP contribution in [-0.2, 0) is 12.8 Å². The fourth-order valence-electron chi connectivity index (χ4n) is 2.62. The van der Waals surface area contributed by atoms with Crippen molar-refractivity contribution in [2.75, 3.05) is 5.32 Å². The summed E-state index contributed by atoms with van der Waals surface area (Å²) in [5.41, 5.74) is 5.15. The lowest BCUT2D eigenvalue weighted by Gasteiger charge is -2.15. The molecule has 0 spiro atoms. The summed E-state index contributed by atoms with van der Waals surface area (Å²) in [4.78, 5) is 0. The molecule has 18 heavy (non-hydrogen) atoms. The van der Waals surface area contributed by atoms with Gasteiger partial charge in [-0.25, -0.2) is 0 Å². The zero-order chi connectivity index (χ0) is 12.5. The Morgan fingerprint density at radius 3 is 2.33 bits per heavy atom. The largest absolute Gasteiger partial charge is 0.380 e. The van der Waals surface area contributed by atoms with Crippen LogP contribution in [-0.4, -0.2) is 6.04 Å². The maximum absolute atomic E-state index is 6.26. The van der Waals surface area contributed by atoms with Crippen LogP contribution in [0.15, 0.2) is 42.5 Å². The minimum Gasteiger partial charge on any atom is -0.380 e. The SMILES string of the molecule is Cc1ccc(NC2Cc3ccccc3C2)c(Cl)c1. The second kappa shape index (κ2) is 4.66. The third kappa shape index (κ3) is 2.23. The van der Waals surface area contributed by atoms with E-state index in [2.05, 4.69) is 48.6 Å². The molecule has 0 atom stereocenters. The van der Waals surface area contributed by atoms with Gasteiger partial charge in [-0.1, -0.05) is 41.9 Å². The smallest absolute Gasteiger partial charge is 0.0640 e. The molecule has 1 nitrogen and oxygen atoms in total. The highest BCUT2D eigenvalue weighted by Gasteiger charge is 2.21. The van der Waals surface area contributed by atoms with Crippen LogP contribution >= 0.6 is 11.6 Å². The molecule has 0 saturated heterocycles. The van der Waals surface area contributed by atoms with Crippen molar-refractivity contribution in [1.82, 2.24) is 0 Å². The zero-order valence-electron chi connectivity index (χ0n) is 10.4. The number of aryl methyl sites for hydroxylation is 1. The minimum absolute atomic E-state index is 0.461. The van der Waals surface area contributed by atoms with Crippen LogP contribution in [0.25, 0.3) is 0 Å². The van der Waals surface area contributed by atoms with Gasteiger partial charge < -0.3 is 5.32 Å². The van der Waals surface area contributed by atoms with Gasteiger partial charge >= 0.3 is 0 Å². The van der Waals surface area contributed by atoms with Crippen molar-refractivity contribution >= 4 is 17.3 Å². The Morgan fingerprint density at radius 2 is 1.72 bits per heavy atom. The highest BCUT2D eigenvalue weighted by Crippen LogP contribution is 2.28. The summed E-state index contributed by atoms with van der Waals surface area (Å²) in [5, 5.41) is 4.36. The monoisotopic (exact) mass is 257 g/mol. The molecule has 3 rings (SSSR count). The highest BCUT2D eigenvalue weighted by molar-refractivity contribution is 6.33. The third-order valence-electron chi connectivity index (χ3n) is 3.54. The van der Waals surface area contributed by atoms with Crippen molar-refractivity contribution in [3.63, 3.8) is 0 Å². The van der Waals surface area contributed by atoms with Gasteiger partial charge in [0.15, 0.2) is 0 Å². The quantitative estimate of drug-likeness (QED) is 0.849. The summed E-state index contributed by atoms with van der Waals surface area (Å²) < 4.78 is 0. The molecule has 0 radical (unpaired) electrons.